The van der Waals surface area contributed by atoms with Crippen LogP contribution in [0.15, 0.2) is 41.6 Å². The summed E-state index contributed by atoms with van der Waals surface area (Å²) >= 11 is 0. The summed E-state index contributed by atoms with van der Waals surface area (Å²) in [6.07, 6.45) is 2.41. The molecule has 2 rings (SSSR count). The maximum absolute atomic E-state index is 12.1. The molecule has 0 aliphatic heterocycles. The zero-order valence-electron chi connectivity index (χ0n) is 12.0. The Morgan fingerprint density at radius 3 is 2.33 bits per heavy atom. The summed E-state index contributed by atoms with van der Waals surface area (Å²) < 4.78 is 22.6. The standard InChI is InChI=1S/C15H16N2O3S/c1-10-4-5-12(8-11(10)2)15(18)17-13-6-7-14(16-9-13)21(3,19)20/h4-9H,1-3H3,(H,17,18). The van der Waals surface area contributed by atoms with E-state index in [9.17, 15) is 13.2 Å². The van der Waals surface area contributed by atoms with E-state index in [1.807, 2.05) is 26.0 Å². The molecule has 0 saturated heterocycles. The number of anilines is 1. The Morgan fingerprint density at radius 1 is 1.10 bits per heavy atom. The first-order valence-electron chi connectivity index (χ1n) is 6.32. The predicted octanol–water partition coefficient (Wildman–Crippen LogP) is 2.35. The van der Waals surface area contributed by atoms with Crippen molar-refractivity contribution in [1.82, 2.24) is 4.98 Å². The molecule has 5 nitrogen and oxygen atoms in total. The van der Waals surface area contributed by atoms with Crippen LogP contribution in [0, 0.1) is 13.8 Å². The van der Waals surface area contributed by atoms with E-state index in [2.05, 4.69) is 10.3 Å². The lowest BCUT2D eigenvalue weighted by Crippen LogP contribution is -2.12. The zero-order valence-corrected chi connectivity index (χ0v) is 12.9. The second kappa shape index (κ2) is 5.65. The lowest BCUT2D eigenvalue weighted by atomic mass is 10.1. The second-order valence-electron chi connectivity index (χ2n) is 4.91. The van der Waals surface area contributed by atoms with Crippen molar-refractivity contribution >= 4 is 21.4 Å². The summed E-state index contributed by atoms with van der Waals surface area (Å²) in [7, 11) is -3.33. The predicted molar refractivity (Wildman–Crippen MR) is 81.2 cm³/mol. The van der Waals surface area contributed by atoms with Crippen LogP contribution < -0.4 is 5.32 Å². The number of amides is 1. The van der Waals surface area contributed by atoms with Gasteiger partial charge in [-0.3, -0.25) is 4.79 Å². The van der Waals surface area contributed by atoms with Gasteiger partial charge in [-0.15, -0.1) is 0 Å². The fraction of sp³-hybridized carbons (Fsp3) is 0.200. The highest BCUT2D eigenvalue weighted by Gasteiger charge is 2.10. The number of nitrogens with one attached hydrogen (secondary N) is 1. The monoisotopic (exact) mass is 304 g/mol. The summed E-state index contributed by atoms with van der Waals surface area (Å²) in [6.45, 7) is 3.92. The van der Waals surface area contributed by atoms with E-state index < -0.39 is 9.84 Å². The molecular weight excluding hydrogens is 288 g/mol. The van der Waals surface area contributed by atoms with Crippen molar-refractivity contribution < 1.29 is 13.2 Å². The molecule has 6 heteroatoms. The highest BCUT2D eigenvalue weighted by molar-refractivity contribution is 7.90. The zero-order chi connectivity index (χ0) is 15.6. The largest absolute Gasteiger partial charge is 0.321 e. The van der Waals surface area contributed by atoms with E-state index in [0.29, 0.717) is 11.3 Å². The lowest BCUT2D eigenvalue weighted by Gasteiger charge is -2.07. The summed E-state index contributed by atoms with van der Waals surface area (Å²) in [6, 6.07) is 8.32. The topological polar surface area (TPSA) is 76.1 Å². The molecule has 1 aromatic heterocycles. The fourth-order valence-electron chi connectivity index (χ4n) is 1.76. The molecule has 110 valence electrons. The number of nitrogens with zero attached hydrogens (tertiary/aromatic N) is 1. The smallest absolute Gasteiger partial charge is 0.255 e. The molecule has 0 aliphatic carbocycles. The van der Waals surface area contributed by atoms with Crippen LogP contribution in [0.4, 0.5) is 5.69 Å². The van der Waals surface area contributed by atoms with Gasteiger partial charge in [-0.1, -0.05) is 6.07 Å². The number of aromatic nitrogens is 1. The van der Waals surface area contributed by atoms with Gasteiger partial charge >= 0.3 is 0 Å². The molecule has 1 aromatic carbocycles. The minimum absolute atomic E-state index is 0.0216. The Bertz CT molecular complexity index is 781. The Hall–Kier alpha value is -2.21. The van der Waals surface area contributed by atoms with E-state index in [0.717, 1.165) is 17.4 Å². The lowest BCUT2D eigenvalue weighted by molar-refractivity contribution is 0.102. The van der Waals surface area contributed by atoms with E-state index in [4.69, 9.17) is 0 Å². The van der Waals surface area contributed by atoms with E-state index in [1.165, 1.54) is 18.3 Å². The van der Waals surface area contributed by atoms with Crippen molar-refractivity contribution in [3.05, 3.63) is 53.2 Å². The van der Waals surface area contributed by atoms with Crippen LogP contribution in [-0.2, 0) is 9.84 Å². The van der Waals surface area contributed by atoms with Gasteiger partial charge in [0.25, 0.3) is 5.91 Å². The normalized spacial score (nSPS) is 11.2. The highest BCUT2D eigenvalue weighted by Crippen LogP contribution is 2.14. The first-order chi connectivity index (χ1) is 9.77. The molecule has 0 unspecified atom stereocenters. The number of sulfone groups is 1. The van der Waals surface area contributed by atoms with Crippen molar-refractivity contribution in [2.75, 3.05) is 11.6 Å². The summed E-state index contributed by atoms with van der Waals surface area (Å²) in [5, 5.41) is 2.67. The van der Waals surface area contributed by atoms with Gasteiger partial charge in [-0.25, -0.2) is 13.4 Å². The Balaban J connectivity index is 2.18. The minimum Gasteiger partial charge on any atom is -0.321 e. The maximum Gasteiger partial charge on any atom is 0.255 e. The van der Waals surface area contributed by atoms with E-state index in [1.54, 1.807) is 6.07 Å². The fourth-order valence-corrected chi connectivity index (χ4v) is 2.32. The quantitative estimate of drug-likeness (QED) is 0.944. The van der Waals surface area contributed by atoms with Gasteiger partial charge in [0, 0.05) is 11.8 Å². The number of carbonyl (C=O) groups excluding carboxylic acids is 1. The number of benzene rings is 1. The molecular formula is C15H16N2O3S. The number of pyridine rings is 1. The molecule has 1 N–H and O–H groups in total. The number of hydrogen-bond acceptors (Lipinski definition) is 4. The molecule has 21 heavy (non-hydrogen) atoms. The molecule has 0 atom stereocenters. The molecule has 0 bridgehead atoms. The molecule has 0 fully saturated rings. The number of hydrogen-bond donors (Lipinski definition) is 1. The molecule has 2 aromatic rings. The molecule has 1 heterocycles. The first kappa shape index (κ1) is 15.2. The number of aryl methyl sites for hydroxylation is 2. The Labute approximate surface area is 124 Å². The van der Waals surface area contributed by atoms with Crippen LogP contribution >= 0.6 is 0 Å². The van der Waals surface area contributed by atoms with Gasteiger partial charge in [-0.05, 0) is 49.2 Å². The van der Waals surface area contributed by atoms with Crippen LogP contribution in [0.2, 0.25) is 0 Å². The van der Waals surface area contributed by atoms with Crippen LogP contribution in [0.3, 0.4) is 0 Å². The average Bonchev–Trinajstić information content (AvgIpc) is 2.41. The van der Waals surface area contributed by atoms with Crippen LogP contribution in [-0.4, -0.2) is 25.6 Å². The van der Waals surface area contributed by atoms with Crippen molar-refractivity contribution in [3.63, 3.8) is 0 Å². The van der Waals surface area contributed by atoms with Crippen LogP contribution in [0.5, 0.6) is 0 Å². The SMILES string of the molecule is Cc1ccc(C(=O)Nc2ccc(S(C)(=O)=O)nc2)cc1C. The van der Waals surface area contributed by atoms with Gasteiger partial charge in [0.2, 0.25) is 0 Å². The van der Waals surface area contributed by atoms with Crippen molar-refractivity contribution in [2.45, 2.75) is 18.9 Å². The second-order valence-corrected chi connectivity index (χ2v) is 6.87. The van der Waals surface area contributed by atoms with Crippen LogP contribution in [0.1, 0.15) is 21.5 Å². The van der Waals surface area contributed by atoms with E-state index in [-0.39, 0.29) is 10.9 Å². The van der Waals surface area contributed by atoms with Gasteiger partial charge in [-0.2, -0.15) is 0 Å². The molecule has 0 spiro atoms. The molecule has 0 saturated carbocycles. The average molecular weight is 304 g/mol. The summed E-state index contributed by atoms with van der Waals surface area (Å²) in [4.78, 5) is 15.9. The van der Waals surface area contributed by atoms with E-state index >= 15 is 0 Å². The summed E-state index contributed by atoms with van der Waals surface area (Å²) in [5.41, 5.74) is 3.15. The Kier molecular flexibility index (Phi) is 4.09. The number of carbonyl (C=O) groups is 1. The molecule has 1 amide bonds. The van der Waals surface area contributed by atoms with Gasteiger partial charge < -0.3 is 5.32 Å². The Morgan fingerprint density at radius 2 is 1.81 bits per heavy atom. The van der Waals surface area contributed by atoms with Gasteiger partial charge in [0.15, 0.2) is 14.9 Å². The number of rotatable bonds is 3. The van der Waals surface area contributed by atoms with Gasteiger partial charge in [0.05, 0.1) is 11.9 Å². The van der Waals surface area contributed by atoms with Crippen molar-refractivity contribution in [2.24, 2.45) is 0 Å². The van der Waals surface area contributed by atoms with Gasteiger partial charge in [0.1, 0.15) is 0 Å². The minimum atomic E-state index is -3.33. The highest BCUT2D eigenvalue weighted by atomic mass is 32.2. The molecule has 0 aliphatic rings. The third-order valence-corrected chi connectivity index (χ3v) is 4.14. The third kappa shape index (κ3) is 3.66. The van der Waals surface area contributed by atoms with Crippen LogP contribution in [0.25, 0.3) is 0 Å². The molecule has 0 radical (unpaired) electrons. The van der Waals surface area contributed by atoms with Crippen molar-refractivity contribution in [1.29, 1.82) is 0 Å². The first-order valence-corrected chi connectivity index (χ1v) is 8.21. The van der Waals surface area contributed by atoms with Crippen molar-refractivity contribution in [3.8, 4) is 0 Å². The maximum atomic E-state index is 12.1. The summed E-state index contributed by atoms with van der Waals surface area (Å²) in [5.74, 6) is -0.257. The third-order valence-electron chi connectivity index (χ3n) is 3.14.